The van der Waals surface area contributed by atoms with Gasteiger partial charge in [-0.15, -0.1) is 0 Å². The van der Waals surface area contributed by atoms with Gasteiger partial charge in [-0.1, -0.05) is 29.8 Å². The minimum Gasteiger partial charge on any atom is -0.497 e. The summed E-state index contributed by atoms with van der Waals surface area (Å²) in [6, 6.07) is 14.1. The fraction of sp³-hybridized carbons (Fsp3) is 0.368. The van der Waals surface area contributed by atoms with Gasteiger partial charge in [-0.3, -0.25) is 4.90 Å². The van der Waals surface area contributed by atoms with Crippen LogP contribution in [0, 0.1) is 0 Å². The molecule has 0 aliphatic carbocycles. The van der Waals surface area contributed by atoms with Gasteiger partial charge in [0.05, 0.1) is 12.0 Å². The molecule has 2 aromatic rings. The van der Waals surface area contributed by atoms with Crippen LogP contribution in [0.1, 0.15) is 24.4 Å². The van der Waals surface area contributed by atoms with Crippen LogP contribution in [0.3, 0.4) is 0 Å². The van der Waals surface area contributed by atoms with Crippen molar-refractivity contribution in [2.24, 2.45) is 0 Å². The topological polar surface area (TPSA) is 58.6 Å². The molecule has 2 aromatic carbocycles. The monoisotopic (exact) mass is 394 g/mol. The standard InChI is InChI=1S/C19H23ClN2O3S/c1-25-17-9-7-15(8-10-17)19(22-11-2-3-12-22)14-21-26(23,24)18-6-4-5-16(20)13-18/h4-10,13,19,21H,2-3,11-12,14H2,1H3/t19-/m1/s1. The first kappa shape index (κ1) is 19.2. The molecule has 0 saturated carbocycles. The summed E-state index contributed by atoms with van der Waals surface area (Å²) in [6.45, 7) is 2.24. The maximum atomic E-state index is 12.6. The van der Waals surface area contributed by atoms with Crippen LogP contribution in [0.15, 0.2) is 53.4 Å². The van der Waals surface area contributed by atoms with Gasteiger partial charge in [-0.2, -0.15) is 0 Å². The van der Waals surface area contributed by atoms with Crippen molar-refractivity contribution >= 4 is 21.6 Å². The van der Waals surface area contributed by atoms with Crippen LogP contribution >= 0.6 is 11.6 Å². The molecule has 5 nitrogen and oxygen atoms in total. The summed E-state index contributed by atoms with van der Waals surface area (Å²) >= 11 is 5.93. The molecule has 1 heterocycles. The van der Waals surface area contributed by atoms with Crippen molar-refractivity contribution in [1.29, 1.82) is 0 Å². The third-order valence-electron chi connectivity index (χ3n) is 4.66. The van der Waals surface area contributed by atoms with Gasteiger partial charge < -0.3 is 4.74 Å². The highest BCUT2D eigenvalue weighted by molar-refractivity contribution is 7.89. The van der Waals surface area contributed by atoms with Gasteiger partial charge >= 0.3 is 0 Å². The van der Waals surface area contributed by atoms with E-state index >= 15 is 0 Å². The Hall–Kier alpha value is -1.60. The van der Waals surface area contributed by atoms with Crippen molar-refractivity contribution < 1.29 is 13.2 Å². The van der Waals surface area contributed by atoms with Crippen molar-refractivity contribution in [2.45, 2.75) is 23.8 Å². The molecule has 1 saturated heterocycles. The van der Waals surface area contributed by atoms with Gasteiger partial charge in [0.15, 0.2) is 0 Å². The zero-order valence-corrected chi connectivity index (χ0v) is 16.3. The number of ether oxygens (including phenoxy) is 1. The second kappa shape index (κ2) is 8.39. The molecule has 0 radical (unpaired) electrons. The number of nitrogens with one attached hydrogen (secondary N) is 1. The van der Waals surface area contributed by atoms with Crippen LogP contribution in [0.4, 0.5) is 0 Å². The molecule has 0 aromatic heterocycles. The molecule has 0 unspecified atom stereocenters. The second-order valence-corrected chi connectivity index (χ2v) is 8.54. The maximum Gasteiger partial charge on any atom is 0.240 e. The molecule has 0 spiro atoms. The number of halogens is 1. The average molecular weight is 395 g/mol. The lowest BCUT2D eigenvalue weighted by molar-refractivity contribution is 0.246. The molecule has 0 bridgehead atoms. The van der Waals surface area contributed by atoms with Crippen molar-refractivity contribution in [3.63, 3.8) is 0 Å². The van der Waals surface area contributed by atoms with E-state index in [1.165, 1.54) is 6.07 Å². The van der Waals surface area contributed by atoms with Crippen LogP contribution in [0.2, 0.25) is 5.02 Å². The summed E-state index contributed by atoms with van der Waals surface area (Å²) in [5, 5.41) is 0.402. The van der Waals surface area contributed by atoms with Crippen molar-refractivity contribution in [2.75, 3.05) is 26.7 Å². The van der Waals surface area contributed by atoms with Crippen LogP contribution in [0.5, 0.6) is 5.75 Å². The summed E-state index contributed by atoms with van der Waals surface area (Å²) in [5.74, 6) is 0.786. The van der Waals surface area contributed by atoms with Gasteiger partial charge in [0, 0.05) is 17.6 Å². The Labute approximate surface area is 160 Å². The van der Waals surface area contributed by atoms with E-state index in [1.54, 1.807) is 25.3 Å². The van der Waals surface area contributed by atoms with Gasteiger partial charge in [-0.05, 0) is 61.8 Å². The summed E-state index contributed by atoms with van der Waals surface area (Å²) in [7, 11) is -1.98. The van der Waals surface area contributed by atoms with Crippen LogP contribution in [0.25, 0.3) is 0 Å². The van der Waals surface area contributed by atoms with Crippen molar-refractivity contribution in [1.82, 2.24) is 9.62 Å². The Kier molecular flexibility index (Phi) is 6.19. The number of hydrogen-bond acceptors (Lipinski definition) is 4. The molecule has 0 amide bonds. The first-order valence-electron chi connectivity index (χ1n) is 8.63. The Balaban J connectivity index is 1.79. The summed E-state index contributed by atoms with van der Waals surface area (Å²) in [6.07, 6.45) is 2.27. The fourth-order valence-corrected chi connectivity index (χ4v) is 4.58. The lowest BCUT2D eigenvalue weighted by atomic mass is 10.1. The maximum absolute atomic E-state index is 12.6. The smallest absolute Gasteiger partial charge is 0.240 e. The molecule has 1 N–H and O–H groups in total. The number of nitrogens with zero attached hydrogens (tertiary/aromatic N) is 1. The minimum absolute atomic E-state index is 0.0163. The van der Waals surface area contributed by atoms with E-state index in [0.717, 1.165) is 37.2 Å². The predicted octanol–water partition coefficient (Wildman–Crippen LogP) is 3.46. The summed E-state index contributed by atoms with van der Waals surface area (Å²) in [5.41, 5.74) is 1.07. The number of benzene rings is 2. The van der Waals surface area contributed by atoms with Crippen LogP contribution in [-0.4, -0.2) is 40.1 Å². The first-order valence-corrected chi connectivity index (χ1v) is 10.5. The Morgan fingerprint density at radius 1 is 1.15 bits per heavy atom. The number of rotatable bonds is 7. The molecule has 7 heteroatoms. The number of sulfonamides is 1. The third kappa shape index (κ3) is 4.57. The Morgan fingerprint density at radius 2 is 1.85 bits per heavy atom. The van der Waals surface area contributed by atoms with Crippen molar-refractivity contribution in [3.05, 3.63) is 59.1 Å². The lowest BCUT2D eigenvalue weighted by Gasteiger charge is -2.28. The lowest BCUT2D eigenvalue weighted by Crippen LogP contribution is -2.36. The van der Waals surface area contributed by atoms with Crippen LogP contribution in [-0.2, 0) is 10.0 Å². The van der Waals surface area contributed by atoms with Crippen LogP contribution < -0.4 is 9.46 Å². The fourth-order valence-electron chi connectivity index (χ4n) is 3.24. The molecule has 26 heavy (non-hydrogen) atoms. The van der Waals surface area contributed by atoms with E-state index in [9.17, 15) is 8.42 Å². The zero-order valence-electron chi connectivity index (χ0n) is 14.7. The normalized spacial score (nSPS) is 16.5. The highest BCUT2D eigenvalue weighted by atomic mass is 35.5. The zero-order chi connectivity index (χ0) is 18.6. The predicted molar refractivity (Wildman–Crippen MR) is 103 cm³/mol. The van der Waals surface area contributed by atoms with E-state index in [0.29, 0.717) is 11.6 Å². The van der Waals surface area contributed by atoms with E-state index in [2.05, 4.69) is 9.62 Å². The van der Waals surface area contributed by atoms with E-state index in [-0.39, 0.29) is 10.9 Å². The summed E-state index contributed by atoms with van der Waals surface area (Å²) < 4.78 is 33.2. The Morgan fingerprint density at radius 3 is 2.46 bits per heavy atom. The van der Waals surface area contributed by atoms with Gasteiger partial charge in [-0.25, -0.2) is 13.1 Å². The molecule has 1 fully saturated rings. The van der Waals surface area contributed by atoms with E-state index in [4.69, 9.17) is 16.3 Å². The average Bonchev–Trinajstić information content (AvgIpc) is 3.17. The number of methoxy groups -OCH3 is 1. The highest BCUT2D eigenvalue weighted by Crippen LogP contribution is 2.27. The molecule has 3 rings (SSSR count). The molecule has 1 aliphatic heterocycles. The molecular weight excluding hydrogens is 372 g/mol. The van der Waals surface area contributed by atoms with E-state index < -0.39 is 10.0 Å². The molecule has 1 aliphatic rings. The van der Waals surface area contributed by atoms with Crippen molar-refractivity contribution in [3.8, 4) is 5.75 Å². The quantitative estimate of drug-likeness (QED) is 0.781. The number of hydrogen-bond donors (Lipinski definition) is 1. The third-order valence-corrected chi connectivity index (χ3v) is 6.31. The molecule has 140 valence electrons. The van der Waals surface area contributed by atoms with Gasteiger partial charge in [0.2, 0.25) is 10.0 Å². The van der Waals surface area contributed by atoms with E-state index in [1.807, 2.05) is 24.3 Å². The summed E-state index contributed by atoms with van der Waals surface area (Å²) in [4.78, 5) is 2.50. The first-order chi connectivity index (χ1) is 12.5. The number of likely N-dealkylation sites (tertiary alicyclic amines) is 1. The minimum atomic E-state index is -3.61. The van der Waals surface area contributed by atoms with Gasteiger partial charge in [0.25, 0.3) is 0 Å². The second-order valence-electron chi connectivity index (χ2n) is 6.34. The highest BCUT2D eigenvalue weighted by Gasteiger charge is 2.25. The Bertz CT molecular complexity index is 834. The molecule has 1 atom stereocenters. The largest absolute Gasteiger partial charge is 0.497 e. The SMILES string of the molecule is COc1ccc([C@@H](CNS(=O)(=O)c2cccc(Cl)c2)N2CCCC2)cc1. The van der Waals surface area contributed by atoms with Gasteiger partial charge in [0.1, 0.15) is 5.75 Å². The molecular formula is C19H23ClN2O3S.